The molecule has 1 aromatic rings. The highest BCUT2D eigenvalue weighted by Crippen LogP contribution is 2.07. The highest BCUT2D eigenvalue weighted by molar-refractivity contribution is 5.76. The molecule has 4 nitrogen and oxygen atoms in total. The van der Waals surface area contributed by atoms with Crippen LogP contribution in [0.2, 0.25) is 0 Å². The van der Waals surface area contributed by atoms with E-state index in [-0.39, 0.29) is 5.91 Å². The zero-order valence-corrected chi connectivity index (χ0v) is 10.1. The van der Waals surface area contributed by atoms with Gasteiger partial charge in [-0.15, -0.1) is 0 Å². The van der Waals surface area contributed by atoms with E-state index in [1.807, 2.05) is 31.2 Å². The number of aliphatic hydroxyl groups excluding tert-OH is 1. The number of nitrogens with two attached hydrogens (primary N) is 1. The minimum Gasteiger partial charge on any atom is -0.399 e. The summed E-state index contributed by atoms with van der Waals surface area (Å²) in [6.07, 6.45) is 1.32. The number of hydrogen-bond acceptors (Lipinski definition) is 3. The summed E-state index contributed by atoms with van der Waals surface area (Å²) < 4.78 is 0. The number of hydrogen-bond donors (Lipinski definition) is 3. The number of rotatable bonds is 6. The van der Waals surface area contributed by atoms with Crippen molar-refractivity contribution in [2.45, 2.75) is 32.3 Å². The number of carbonyl (C=O) groups excluding carboxylic acids is 1. The van der Waals surface area contributed by atoms with Crippen molar-refractivity contribution < 1.29 is 9.90 Å². The molecule has 1 aromatic carbocycles. The number of aliphatic hydroxyl groups is 1. The van der Waals surface area contributed by atoms with Gasteiger partial charge in [-0.25, -0.2) is 0 Å². The Labute approximate surface area is 102 Å². The number of anilines is 1. The largest absolute Gasteiger partial charge is 0.399 e. The van der Waals surface area contributed by atoms with Crippen molar-refractivity contribution in [2.75, 3.05) is 12.3 Å². The highest BCUT2D eigenvalue weighted by atomic mass is 16.3. The molecular weight excluding hydrogens is 216 g/mol. The molecule has 1 unspecified atom stereocenters. The molecule has 0 saturated carbocycles. The highest BCUT2D eigenvalue weighted by Gasteiger charge is 2.05. The maximum absolute atomic E-state index is 11.5. The van der Waals surface area contributed by atoms with Crippen LogP contribution in [0.3, 0.4) is 0 Å². The van der Waals surface area contributed by atoms with E-state index in [4.69, 9.17) is 5.73 Å². The summed E-state index contributed by atoms with van der Waals surface area (Å²) >= 11 is 0. The summed E-state index contributed by atoms with van der Waals surface area (Å²) in [5, 5.41) is 12.0. The zero-order valence-electron chi connectivity index (χ0n) is 10.1. The van der Waals surface area contributed by atoms with Crippen LogP contribution in [-0.2, 0) is 11.2 Å². The molecule has 94 valence electrons. The Morgan fingerprint density at radius 3 is 2.65 bits per heavy atom. The lowest BCUT2D eigenvalue weighted by molar-refractivity contribution is -0.121. The van der Waals surface area contributed by atoms with Crippen LogP contribution in [0.1, 0.15) is 25.3 Å². The molecule has 4 heteroatoms. The third kappa shape index (κ3) is 5.36. The summed E-state index contributed by atoms with van der Waals surface area (Å²) in [4.78, 5) is 11.5. The van der Waals surface area contributed by atoms with Crippen LogP contribution in [0.4, 0.5) is 5.69 Å². The third-order valence-electron chi connectivity index (χ3n) is 2.63. The summed E-state index contributed by atoms with van der Waals surface area (Å²) in [6.45, 7) is 2.21. The second kappa shape index (κ2) is 6.91. The molecule has 0 aromatic heterocycles. The Kier molecular flexibility index (Phi) is 5.49. The van der Waals surface area contributed by atoms with Gasteiger partial charge in [0.1, 0.15) is 0 Å². The molecular formula is C13H20N2O2. The molecule has 4 N–H and O–H groups in total. The first-order chi connectivity index (χ1) is 8.11. The number of aryl methyl sites for hydroxylation is 1. The second-order valence-electron chi connectivity index (χ2n) is 4.11. The van der Waals surface area contributed by atoms with E-state index in [0.717, 1.165) is 11.3 Å². The van der Waals surface area contributed by atoms with E-state index in [1.165, 1.54) is 0 Å². The van der Waals surface area contributed by atoms with E-state index >= 15 is 0 Å². The van der Waals surface area contributed by atoms with Crippen molar-refractivity contribution in [2.24, 2.45) is 0 Å². The van der Waals surface area contributed by atoms with Crippen LogP contribution in [0.5, 0.6) is 0 Å². The number of nitrogens with one attached hydrogen (secondary N) is 1. The van der Waals surface area contributed by atoms with E-state index in [1.54, 1.807) is 0 Å². The van der Waals surface area contributed by atoms with Gasteiger partial charge >= 0.3 is 0 Å². The van der Waals surface area contributed by atoms with Crippen LogP contribution in [-0.4, -0.2) is 23.7 Å². The molecule has 17 heavy (non-hydrogen) atoms. The van der Waals surface area contributed by atoms with Crippen molar-refractivity contribution >= 4 is 11.6 Å². The molecule has 0 aliphatic rings. The topological polar surface area (TPSA) is 75.3 Å². The quantitative estimate of drug-likeness (QED) is 0.647. The number of carbonyl (C=O) groups is 1. The number of benzene rings is 1. The Bertz CT molecular complexity index is 349. The van der Waals surface area contributed by atoms with Crippen molar-refractivity contribution in [3.05, 3.63) is 29.8 Å². The summed E-state index contributed by atoms with van der Waals surface area (Å²) in [6, 6.07) is 7.50. The first kappa shape index (κ1) is 13.5. The van der Waals surface area contributed by atoms with Gasteiger partial charge in [-0.1, -0.05) is 19.1 Å². The van der Waals surface area contributed by atoms with Crippen molar-refractivity contribution in [1.29, 1.82) is 0 Å². The first-order valence-corrected chi connectivity index (χ1v) is 5.91. The van der Waals surface area contributed by atoms with Crippen LogP contribution in [0.25, 0.3) is 0 Å². The van der Waals surface area contributed by atoms with E-state index in [2.05, 4.69) is 5.32 Å². The van der Waals surface area contributed by atoms with Gasteiger partial charge in [0, 0.05) is 18.7 Å². The molecule has 0 fully saturated rings. The van der Waals surface area contributed by atoms with Crippen LogP contribution in [0.15, 0.2) is 24.3 Å². The van der Waals surface area contributed by atoms with E-state index in [0.29, 0.717) is 25.8 Å². The molecule has 0 heterocycles. The molecule has 0 bridgehead atoms. The molecule has 0 aliphatic carbocycles. The maximum Gasteiger partial charge on any atom is 0.220 e. The fourth-order valence-electron chi connectivity index (χ4n) is 1.41. The summed E-state index contributed by atoms with van der Waals surface area (Å²) in [5.41, 5.74) is 7.39. The molecule has 0 saturated heterocycles. The van der Waals surface area contributed by atoms with Gasteiger partial charge in [0.2, 0.25) is 5.91 Å². The van der Waals surface area contributed by atoms with E-state index in [9.17, 15) is 9.90 Å². The molecule has 1 amide bonds. The second-order valence-corrected chi connectivity index (χ2v) is 4.11. The lowest BCUT2D eigenvalue weighted by atomic mass is 10.1. The molecule has 0 aliphatic heterocycles. The fourth-order valence-corrected chi connectivity index (χ4v) is 1.41. The van der Waals surface area contributed by atoms with E-state index < -0.39 is 6.10 Å². The average Bonchev–Trinajstić information content (AvgIpc) is 2.35. The van der Waals surface area contributed by atoms with Crippen molar-refractivity contribution in [1.82, 2.24) is 5.32 Å². The molecule has 0 spiro atoms. The summed E-state index contributed by atoms with van der Waals surface area (Å²) in [5.74, 6) is -0.0330. The predicted octanol–water partition coefficient (Wildman–Crippen LogP) is 1.09. The van der Waals surface area contributed by atoms with Crippen LogP contribution in [0, 0.1) is 0 Å². The maximum atomic E-state index is 11.5. The third-order valence-corrected chi connectivity index (χ3v) is 2.63. The predicted molar refractivity (Wildman–Crippen MR) is 68.5 cm³/mol. The normalized spacial score (nSPS) is 12.1. The van der Waals surface area contributed by atoms with Crippen LogP contribution >= 0.6 is 0 Å². The monoisotopic (exact) mass is 236 g/mol. The van der Waals surface area contributed by atoms with Gasteiger partial charge in [-0.2, -0.15) is 0 Å². The zero-order chi connectivity index (χ0) is 12.7. The van der Waals surface area contributed by atoms with Gasteiger partial charge in [-0.3, -0.25) is 4.79 Å². The van der Waals surface area contributed by atoms with Gasteiger partial charge < -0.3 is 16.2 Å². The number of amides is 1. The Hall–Kier alpha value is -1.55. The molecule has 1 atom stereocenters. The van der Waals surface area contributed by atoms with Gasteiger partial charge in [-0.05, 0) is 30.5 Å². The van der Waals surface area contributed by atoms with Gasteiger partial charge in [0.15, 0.2) is 0 Å². The average molecular weight is 236 g/mol. The Balaban J connectivity index is 2.26. The van der Waals surface area contributed by atoms with Gasteiger partial charge in [0.05, 0.1) is 6.10 Å². The molecule has 1 rings (SSSR count). The minimum absolute atomic E-state index is 0.0330. The van der Waals surface area contributed by atoms with Crippen molar-refractivity contribution in [3.63, 3.8) is 0 Å². The number of nitrogen functional groups attached to an aromatic ring is 1. The lowest BCUT2D eigenvalue weighted by Gasteiger charge is -2.09. The molecule has 0 radical (unpaired) electrons. The fraction of sp³-hybridized carbons (Fsp3) is 0.462. The lowest BCUT2D eigenvalue weighted by Crippen LogP contribution is -2.31. The minimum atomic E-state index is -0.449. The van der Waals surface area contributed by atoms with Gasteiger partial charge in [0.25, 0.3) is 0 Å². The first-order valence-electron chi connectivity index (χ1n) is 5.91. The smallest absolute Gasteiger partial charge is 0.220 e. The van der Waals surface area contributed by atoms with Crippen molar-refractivity contribution in [3.8, 4) is 0 Å². The Morgan fingerprint density at radius 2 is 2.06 bits per heavy atom. The standard InChI is InChI=1S/C13H20N2O2/c1-2-12(16)9-15-13(17)8-5-10-3-6-11(14)7-4-10/h3-4,6-7,12,16H,2,5,8-9,14H2,1H3,(H,15,17). The summed E-state index contributed by atoms with van der Waals surface area (Å²) in [7, 11) is 0. The van der Waals surface area contributed by atoms with Crippen LogP contribution < -0.4 is 11.1 Å². The Morgan fingerprint density at radius 1 is 1.41 bits per heavy atom. The SMILES string of the molecule is CCC(O)CNC(=O)CCc1ccc(N)cc1.